The zero-order valence-corrected chi connectivity index (χ0v) is 27.5. The van der Waals surface area contributed by atoms with Crippen molar-refractivity contribution < 1.29 is 32.9 Å². The quantitative estimate of drug-likeness (QED) is 0.230. The van der Waals surface area contributed by atoms with Crippen molar-refractivity contribution in [3.8, 4) is 5.75 Å². The lowest BCUT2D eigenvalue weighted by Gasteiger charge is -2.42. The van der Waals surface area contributed by atoms with Gasteiger partial charge in [0.25, 0.3) is 0 Å². The van der Waals surface area contributed by atoms with Gasteiger partial charge in [-0.3, -0.25) is 4.90 Å². The van der Waals surface area contributed by atoms with Gasteiger partial charge in [-0.05, 0) is 76.5 Å². The van der Waals surface area contributed by atoms with Crippen LogP contribution in [0.1, 0.15) is 73.8 Å². The maximum absolute atomic E-state index is 13.3. The molecule has 226 valence electrons. The number of nitrogens with zero attached hydrogens (tertiary/aromatic N) is 1. The Morgan fingerprint density at radius 3 is 2.33 bits per heavy atom. The van der Waals surface area contributed by atoms with Gasteiger partial charge in [0.1, 0.15) is 17.1 Å². The maximum Gasteiger partial charge on any atom is 0.412 e. The molecule has 40 heavy (non-hydrogen) atoms. The molecule has 8 nitrogen and oxygen atoms in total. The van der Waals surface area contributed by atoms with Gasteiger partial charge in [-0.25, -0.2) is 4.79 Å². The topological polar surface area (TPSA) is 75.7 Å². The van der Waals surface area contributed by atoms with E-state index in [2.05, 4.69) is 39.9 Å². The highest BCUT2D eigenvalue weighted by Gasteiger charge is 2.50. The van der Waals surface area contributed by atoms with Crippen LogP contribution < -0.4 is 4.74 Å². The summed E-state index contributed by atoms with van der Waals surface area (Å²) >= 11 is 0. The Balaban J connectivity index is 1.76. The highest BCUT2D eigenvalue weighted by molar-refractivity contribution is 6.74. The first-order chi connectivity index (χ1) is 18.4. The summed E-state index contributed by atoms with van der Waals surface area (Å²) in [7, 11) is -0.424. The summed E-state index contributed by atoms with van der Waals surface area (Å²) in [6.45, 7) is 22.0. The predicted octanol–water partition coefficient (Wildman–Crippen LogP) is 7.04. The van der Waals surface area contributed by atoms with Crippen molar-refractivity contribution in [2.45, 2.75) is 123 Å². The first-order valence-corrected chi connectivity index (χ1v) is 17.2. The molecule has 0 aromatic heterocycles. The van der Waals surface area contributed by atoms with E-state index in [4.69, 9.17) is 28.1 Å². The summed E-state index contributed by atoms with van der Waals surface area (Å²) in [6.07, 6.45) is 2.43. The van der Waals surface area contributed by atoms with Crippen LogP contribution in [-0.2, 0) is 30.0 Å². The Hall–Kier alpha value is -2.07. The number of hydrogen-bond acceptors (Lipinski definition) is 7. The van der Waals surface area contributed by atoms with Gasteiger partial charge in [-0.1, -0.05) is 32.9 Å². The van der Waals surface area contributed by atoms with Crippen LogP contribution in [-0.4, -0.2) is 69.2 Å². The minimum Gasteiger partial charge on any atom is -0.547 e. The van der Waals surface area contributed by atoms with E-state index in [0.29, 0.717) is 32.7 Å². The number of carbonyl (C=O) groups is 1. The second-order valence-corrected chi connectivity index (χ2v) is 18.5. The first kappa shape index (κ1) is 32.4. The fourth-order valence-electron chi connectivity index (χ4n) is 4.60. The van der Waals surface area contributed by atoms with Crippen LogP contribution in [0, 0.1) is 0 Å². The van der Waals surface area contributed by atoms with Crippen LogP contribution in [0.25, 0.3) is 0 Å². The molecule has 3 rings (SSSR count). The average molecular weight is 578 g/mol. The molecule has 3 atom stereocenters. The third kappa shape index (κ3) is 8.47. The molecule has 0 saturated carbocycles. The zero-order valence-electron chi connectivity index (χ0n) is 26.5. The molecule has 9 heteroatoms. The largest absolute Gasteiger partial charge is 0.547 e. The van der Waals surface area contributed by atoms with Crippen molar-refractivity contribution in [1.82, 2.24) is 4.90 Å². The van der Waals surface area contributed by atoms with Crippen molar-refractivity contribution in [2.75, 3.05) is 20.3 Å². The number of rotatable bonds is 9. The first-order valence-electron chi connectivity index (χ1n) is 14.3. The summed E-state index contributed by atoms with van der Waals surface area (Å²) in [5.41, 5.74) is -0.345. The number of amides is 1. The minimum atomic E-state index is -2.08. The Morgan fingerprint density at radius 1 is 1.10 bits per heavy atom. The smallest absolute Gasteiger partial charge is 0.412 e. The number of benzene rings is 1. The van der Waals surface area contributed by atoms with Gasteiger partial charge in [-0.2, -0.15) is 0 Å². The molecule has 2 aliphatic heterocycles. The van der Waals surface area contributed by atoms with Crippen LogP contribution in [0.2, 0.25) is 18.1 Å². The van der Waals surface area contributed by atoms with Crippen LogP contribution in [0.4, 0.5) is 4.79 Å². The number of methoxy groups -OCH3 is 1. The third-order valence-corrected chi connectivity index (χ3v) is 12.2. The fourth-order valence-corrected chi connectivity index (χ4v) is 5.72. The molecule has 0 unspecified atom stereocenters. The lowest BCUT2D eigenvalue weighted by Crippen LogP contribution is -2.55. The molecule has 2 heterocycles. The third-order valence-electron chi connectivity index (χ3n) is 7.83. The molecule has 0 radical (unpaired) electrons. The summed E-state index contributed by atoms with van der Waals surface area (Å²) in [5, 5.41) is 0.0552. The second kappa shape index (κ2) is 12.4. The van der Waals surface area contributed by atoms with E-state index in [1.54, 1.807) is 12.0 Å². The Bertz CT molecular complexity index is 1020. The fraction of sp³-hybridized carbons (Fsp3) is 0.710. The van der Waals surface area contributed by atoms with E-state index in [1.165, 1.54) is 0 Å². The molecule has 1 saturated heterocycles. The van der Waals surface area contributed by atoms with Gasteiger partial charge in [0.15, 0.2) is 0 Å². The average Bonchev–Trinajstić information content (AvgIpc) is 3.15. The number of ether oxygens (including phenoxy) is 5. The number of hydrogen-bond donors (Lipinski definition) is 0. The van der Waals surface area contributed by atoms with E-state index in [9.17, 15) is 4.79 Å². The monoisotopic (exact) mass is 577 g/mol. The number of carbonyl (C=O) groups excluding carboxylic acids is 1. The molecule has 1 amide bonds. The molecule has 0 spiro atoms. The van der Waals surface area contributed by atoms with E-state index in [-0.39, 0.29) is 23.3 Å². The van der Waals surface area contributed by atoms with Crippen molar-refractivity contribution in [2.24, 2.45) is 0 Å². The van der Waals surface area contributed by atoms with Gasteiger partial charge in [0.2, 0.25) is 8.32 Å². The minimum absolute atomic E-state index is 0.0552. The molecule has 0 N–H and O–H groups in total. The van der Waals surface area contributed by atoms with Gasteiger partial charge in [0.05, 0.1) is 44.3 Å². The van der Waals surface area contributed by atoms with Crippen molar-refractivity contribution >= 4 is 14.4 Å². The van der Waals surface area contributed by atoms with Gasteiger partial charge in [0, 0.05) is 19.4 Å². The Morgan fingerprint density at radius 2 is 1.75 bits per heavy atom. The second-order valence-electron chi connectivity index (χ2n) is 13.8. The molecular weight excluding hydrogens is 526 g/mol. The SMILES string of the molecule is COc1ccc(COCC[C@H]2C=C(O[Si](C)(C)C(C)(C)C)C[C@H]([C@@H]3COC(C)(C)N3C(=O)OC(C)(C)C)O2)cc1. The molecule has 1 aromatic rings. The maximum atomic E-state index is 13.3. The zero-order chi connectivity index (χ0) is 29.9. The lowest BCUT2D eigenvalue weighted by atomic mass is 10.0. The van der Waals surface area contributed by atoms with Gasteiger partial charge >= 0.3 is 6.09 Å². The lowest BCUT2D eigenvalue weighted by molar-refractivity contribution is -0.0843. The summed E-state index contributed by atoms with van der Waals surface area (Å²) in [6, 6.07) is 7.57. The normalized spacial score (nSPS) is 23.5. The van der Waals surface area contributed by atoms with E-state index < -0.39 is 25.7 Å². The van der Waals surface area contributed by atoms with E-state index >= 15 is 0 Å². The predicted molar refractivity (Wildman–Crippen MR) is 159 cm³/mol. The summed E-state index contributed by atoms with van der Waals surface area (Å²) in [5.74, 6) is 1.75. The van der Waals surface area contributed by atoms with Crippen molar-refractivity contribution in [1.29, 1.82) is 0 Å². The van der Waals surface area contributed by atoms with Gasteiger partial charge in [-0.15, -0.1) is 0 Å². The van der Waals surface area contributed by atoms with Gasteiger partial charge < -0.3 is 28.1 Å². The van der Waals surface area contributed by atoms with E-state index in [0.717, 1.165) is 17.1 Å². The molecule has 0 bridgehead atoms. The standard InChI is InChI=1S/C31H51NO7Si/c1-29(2,3)38-28(33)32-26(21-36-31(32,7)8)27-19-25(39-40(10,11)30(4,5)6)18-24(37-27)16-17-35-20-22-12-14-23(34-9)15-13-22/h12-15,18,24,26-27H,16-17,19-21H2,1-11H3/t24-,26-,27+/m0/s1. The highest BCUT2D eigenvalue weighted by atomic mass is 28.4. The Labute approximate surface area is 242 Å². The molecule has 1 aromatic carbocycles. The van der Waals surface area contributed by atoms with Crippen LogP contribution in [0.3, 0.4) is 0 Å². The molecule has 1 fully saturated rings. The van der Waals surface area contributed by atoms with Crippen molar-refractivity contribution in [3.63, 3.8) is 0 Å². The van der Waals surface area contributed by atoms with Crippen LogP contribution in [0.15, 0.2) is 36.1 Å². The summed E-state index contributed by atoms with van der Waals surface area (Å²) in [4.78, 5) is 15.0. The van der Waals surface area contributed by atoms with Crippen LogP contribution in [0.5, 0.6) is 5.75 Å². The summed E-state index contributed by atoms with van der Waals surface area (Å²) < 4.78 is 36.5. The molecular formula is C31H51NO7Si. The highest BCUT2D eigenvalue weighted by Crippen LogP contribution is 2.41. The molecule has 0 aliphatic carbocycles. The van der Waals surface area contributed by atoms with Crippen molar-refractivity contribution in [3.05, 3.63) is 41.7 Å². The Kier molecular flexibility index (Phi) is 10.1. The molecule has 2 aliphatic rings. The van der Waals surface area contributed by atoms with E-state index in [1.807, 2.05) is 58.9 Å². The van der Waals surface area contributed by atoms with Crippen LogP contribution >= 0.6 is 0 Å².